The van der Waals surface area contributed by atoms with Gasteiger partial charge < -0.3 is 10.2 Å². The van der Waals surface area contributed by atoms with E-state index in [1.54, 1.807) is 6.07 Å². The molecule has 0 spiro atoms. The van der Waals surface area contributed by atoms with Crippen molar-refractivity contribution in [3.63, 3.8) is 0 Å². The van der Waals surface area contributed by atoms with Crippen molar-refractivity contribution in [3.8, 4) is 5.75 Å². The van der Waals surface area contributed by atoms with Gasteiger partial charge >= 0.3 is 0 Å². The summed E-state index contributed by atoms with van der Waals surface area (Å²) in [7, 11) is 0. The fourth-order valence-electron chi connectivity index (χ4n) is 1.48. The van der Waals surface area contributed by atoms with Crippen molar-refractivity contribution in [2.24, 2.45) is 0 Å². The standard InChI is InChI=1S/C12H18O2/c1-4-11(13)7-10-5-9(3)12(14)6-8(10)2/h5-6,11,13-14H,4,7H2,1-3H3. The molecule has 2 heteroatoms. The van der Waals surface area contributed by atoms with Crippen molar-refractivity contribution in [1.82, 2.24) is 0 Å². The van der Waals surface area contributed by atoms with Crippen molar-refractivity contribution in [2.75, 3.05) is 0 Å². The molecule has 0 saturated heterocycles. The topological polar surface area (TPSA) is 40.5 Å². The first-order valence-corrected chi connectivity index (χ1v) is 5.01. The second-order valence-corrected chi connectivity index (χ2v) is 3.83. The zero-order valence-electron chi connectivity index (χ0n) is 9.04. The highest BCUT2D eigenvalue weighted by atomic mass is 16.3. The monoisotopic (exact) mass is 194 g/mol. The second-order valence-electron chi connectivity index (χ2n) is 3.83. The fraction of sp³-hybridized carbons (Fsp3) is 0.500. The molecule has 1 unspecified atom stereocenters. The molecule has 1 atom stereocenters. The summed E-state index contributed by atoms with van der Waals surface area (Å²) in [6.07, 6.45) is 1.15. The van der Waals surface area contributed by atoms with Crippen LogP contribution in [0.25, 0.3) is 0 Å². The number of phenolic OH excluding ortho intramolecular Hbond substituents is 1. The Balaban J connectivity index is 2.92. The van der Waals surface area contributed by atoms with E-state index in [4.69, 9.17) is 0 Å². The first-order chi connectivity index (χ1) is 6.54. The minimum atomic E-state index is -0.280. The van der Waals surface area contributed by atoms with Gasteiger partial charge in [0.15, 0.2) is 0 Å². The molecule has 2 nitrogen and oxygen atoms in total. The molecule has 1 aromatic carbocycles. The summed E-state index contributed by atoms with van der Waals surface area (Å²) >= 11 is 0. The molecule has 0 aliphatic rings. The fourth-order valence-corrected chi connectivity index (χ4v) is 1.48. The van der Waals surface area contributed by atoms with Gasteiger partial charge in [0.2, 0.25) is 0 Å². The molecule has 2 N–H and O–H groups in total. The maximum absolute atomic E-state index is 9.53. The molecule has 0 amide bonds. The van der Waals surface area contributed by atoms with E-state index in [0.29, 0.717) is 12.2 Å². The molecule has 1 aromatic rings. The maximum atomic E-state index is 9.53. The van der Waals surface area contributed by atoms with Crippen LogP contribution in [0.1, 0.15) is 30.0 Å². The van der Waals surface area contributed by atoms with Gasteiger partial charge in [0.05, 0.1) is 6.10 Å². The van der Waals surface area contributed by atoms with Crippen LogP contribution < -0.4 is 0 Å². The van der Waals surface area contributed by atoms with Gasteiger partial charge in [0, 0.05) is 0 Å². The van der Waals surface area contributed by atoms with E-state index in [0.717, 1.165) is 23.1 Å². The Kier molecular flexibility index (Phi) is 3.53. The number of rotatable bonds is 3. The molecule has 14 heavy (non-hydrogen) atoms. The number of hydrogen-bond donors (Lipinski definition) is 2. The molecule has 0 aromatic heterocycles. The summed E-state index contributed by atoms with van der Waals surface area (Å²) in [5, 5.41) is 19.0. The number of aliphatic hydroxyl groups is 1. The molecule has 0 bridgehead atoms. The summed E-state index contributed by atoms with van der Waals surface area (Å²) in [6.45, 7) is 5.79. The predicted octanol–water partition coefficient (Wildman–Crippen LogP) is 2.32. The SMILES string of the molecule is CCC(O)Cc1cc(C)c(O)cc1C. The molecule has 78 valence electrons. The van der Waals surface area contributed by atoms with Gasteiger partial charge in [-0.15, -0.1) is 0 Å². The highest BCUT2D eigenvalue weighted by Crippen LogP contribution is 2.22. The molecular formula is C12H18O2. The Bertz CT molecular complexity index is 318. The number of hydrogen-bond acceptors (Lipinski definition) is 2. The largest absolute Gasteiger partial charge is 0.508 e. The number of aryl methyl sites for hydroxylation is 2. The molecule has 0 aliphatic carbocycles. The quantitative estimate of drug-likeness (QED) is 0.775. The first kappa shape index (κ1) is 11.1. The van der Waals surface area contributed by atoms with Crippen molar-refractivity contribution < 1.29 is 10.2 Å². The van der Waals surface area contributed by atoms with Crippen LogP contribution in [0.2, 0.25) is 0 Å². The van der Waals surface area contributed by atoms with Gasteiger partial charge in [-0.3, -0.25) is 0 Å². The second kappa shape index (κ2) is 4.47. The Morgan fingerprint density at radius 1 is 1.21 bits per heavy atom. The van der Waals surface area contributed by atoms with Crippen LogP contribution in [0.4, 0.5) is 0 Å². The normalized spacial score (nSPS) is 12.9. The smallest absolute Gasteiger partial charge is 0.118 e. The van der Waals surface area contributed by atoms with Crippen molar-refractivity contribution >= 4 is 0 Å². The number of phenols is 1. The Morgan fingerprint density at radius 3 is 2.43 bits per heavy atom. The van der Waals surface area contributed by atoms with Crippen LogP contribution in [0.15, 0.2) is 12.1 Å². The predicted molar refractivity (Wildman–Crippen MR) is 57.6 cm³/mol. The lowest BCUT2D eigenvalue weighted by atomic mass is 9.98. The van der Waals surface area contributed by atoms with E-state index in [1.807, 2.05) is 26.8 Å². The van der Waals surface area contributed by atoms with Crippen molar-refractivity contribution in [2.45, 2.75) is 39.7 Å². The molecule has 0 radical (unpaired) electrons. The van der Waals surface area contributed by atoms with Crippen molar-refractivity contribution in [3.05, 3.63) is 28.8 Å². The average Bonchev–Trinajstić information content (AvgIpc) is 2.14. The summed E-state index contributed by atoms with van der Waals surface area (Å²) in [4.78, 5) is 0. The molecule has 0 fully saturated rings. The van der Waals surface area contributed by atoms with E-state index in [-0.39, 0.29) is 6.10 Å². The lowest BCUT2D eigenvalue weighted by molar-refractivity contribution is 0.170. The van der Waals surface area contributed by atoms with E-state index in [2.05, 4.69) is 0 Å². The van der Waals surface area contributed by atoms with Crippen LogP contribution in [0, 0.1) is 13.8 Å². The third kappa shape index (κ3) is 2.48. The molecule has 0 heterocycles. The highest BCUT2D eigenvalue weighted by molar-refractivity contribution is 5.40. The van der Waals surface area contributed by atoms with Gasteiger partial charge in [-0.05, 0) is 49.4 Å². The Hall–Kier alpha value is -1.02. The van der Waals surface area contributed by atoms with Crippen LogP contribution in [0.5, 0.6) is 5.75 Å². The molecule has 0 aliphatic heterocycles. The van der Waals surface area contributed by atoms with E-state index in [1.165, 1.54) is 0 Å². The van der Waals surface area contributed by atoms with Gasteiger partial charge in [-0.2, -0.15) is 0 Å². The maximum Gasteiger partial charge on any atom is 0.118 e. The third-order valence-electron chi connectivity index (χ3n) is 2.58. The summed E-state index contributed by atoms with van der Waals surface area (Å²) in [5.74, 6) is 0.331. The van der Waals surface area contributed by atoms with Gasteiger partial charge in [0.1, 0.15) is 5.75 Å². The van der Waals surface area contributed by atoms with E-state index in [9.17, 15) is 10.2 Å². The zero-order chi connectivity index (χ0) is 10.7. The van der Waals surface area contributed by atoms with E-state index >= 15 is 0 Å². The number of benzene rings is 1. The Morgan fingerprint density at radius 2 is 1.86 bits per heavy atom. The average molecular weight is 194 g/mol. The van der Waals surface area contributed by atoms with Crippen LogP contribution >= 0.6 is 0 Å². The molecule has 0 saturated carbocycles. The minimum absolute atomic E-state index is 0.280. The summed E-state index contributed by atoms with van der Waals surface area (Å²) < 4.78 is 0. The molecular weight excluding hydrogens is 176 g/mol. The van der Waals surface area contributed by atoms with Gasteiger partial charge in [-0.25, -0.2) is 0 Å². The minimum Gasteiger partial charge on any atom is -0.508 e. The first-order valence-electron chi connectivity index (χ1n) is 5.01. The summed E-state index contributed by atoms with van der Waals surface area (Å²) in [5.41, 5.74) is 3.03. The van der Waals surface area contributed by atoms with Crippen LogP contribution in [-0.2, 0) is 6.42 Å². The number of aromatic hydroxyl groups is 1. The van der Waals surface area contributed by atoms with Crippen LogP contribution in [-0.4, -0.2) is 16.3 Å². The highest BCUT2D eigenvalue weighted by Gasteiger charge is 2.07. The summed E-state index contributed by atoms with van der Waals surface area (Å²) in [6, 6.07) is 3.70. The van der Waals surface area contributed by atoms with Crippen LogP contribution in [0.3, 0.4) is 0 Å². The lowest BCUT2D eigenvalue weighted by Crippen LogP contribution is -2.09. The zero-order valence-corrected chi connectivity index (χ0v) is 9.04. The Labute approximate surface area is 85.2 Å². The third-order valence-corrected chi connectivity index (χ3v) is 2.58. The van der Waals surface area contributed by atoms with Crippen molar-refractivity contribution in [1.29, 1.82) is 0 Å². The van der Waals surface area contributed by atoms with Gasteiger partial charge in [-0.1, -0.05) is 13.0 Å². The molecule has 1 rings (SSSR count). The van der Waals surface area contributed by atoms with Gasteiger partial charge in [0.25, 0.3) is 0 Å². The number of aliphatic hydroxyl groups excluding tert-OH is 1. The van der Waals surface area contributed by atoms with E-state index < -0.39 is 0 Å². The lowest BCUT2D eigenvalue weighted by Gasteiger charge is -2.12.